The molecule has 0 aromatic carbocycles. The molecule has 0 radical (unpaired) electrons. The van der Waals surface area contributed by atoms with Gasteiger partial charge in [0.2, 0.25) is 0 Å². The summed E-state index contributed by atoms with van der Waals surface area (Å²) >= 11 is 0. The van der Waals surface area contributed by atoms with Crippen molar-refractivity contribution in [3.63, 3.8) is 0 Å². The van der Waals surface area contributed by atoms with Crippen LogP contribution in [0.4, 0.5) is 0 Å². The fourth-order valence-electron chi connectivity index (χ4n) is 0.0215. The Morgan fingerprint density at radius 1 is 1.67 bits per heavy atom. The predicted octanol–water partition coefficient (Wildman–Crippen LogP) is -0.257. The first kappa shape index (κ1) is 5.98. The molecule has 6 heavy (non-hydrogen) atoms. The third kappa shape index (κ3) is 2.23. The first-order valence-electron chi connectivity index (χ1n) is 1.13. The maximum atomic E-state index is 9.67. The van der Waals surface area contributed by atoms with Gasteiger partial charge in [-0.25, -0.2) is 0 Å². The third-order valence-corrected chi connectivity index (χ3v) is 1.43. The maximum absolute atomic E-state index is 9.67. The Bertz CT molecular complexity index is 78.8. The summed E-state index contributed by atoms with van der Waals surface area (Å²) in [5, 5.41) is 0. The Hall–Kier alpha value is -0.0182. The molecule has 0 aliphatic carbocycles. The predicted molar refractivity (Wildman–Crippen MR) is 20.5 cm³/mol. The van der Waals surface area contributed by atoms with E-state index in [1.165, 1.54) is 0 Å². The Morgan fingerprint density at radius 2 is 2.17 bits per heavy atom. The van der Waals surface area contributed by atoms with E-state index >= 15 is 0 Å². The Morgan fingerprint density at radius 3 is 2.17 bits per heavy atom. The number of hydrogen-bond acceptors (Lipinski definition) is 3. The molecule has 0 amide bonds. The summed E-state index contributed by atoms with van der Waals surface area (Å²) in [7, 11) is -2.93. The molecule has 0 saturated carbocycles. The number of hydrogen-bond donors (Lipinski definition) is 0. The van der Waals surface area contributed by atoms with Crippen molar-refractivity contribution in [1.82, 2.24) is 0 Å². The van der Waals surface area contributed by atoms with Gasteiger partial charge in [0, 0.05) is 0 Å². The summed E-state index contributed by atoms with van der Waals surface area (Å²) in [6.07, 6.45) is 0. The summed E-state index contributed by atoms with van der Waals surface area (Å²) in [6.45, 7) is 0.194. The van der Waals surface area contributed by atoms with Crippen molar-refractivity contribution in [2.75, 3.05) is 0 Å². The molecule has 0 heterocycles. The molecule has 0 unspecified atom stereocenters. The first-order chi connectivity index (χ1) is 2.81. The van der Waals surface area contributed by atoms with Crippen LogP contribution in [0.2, 0.25) is 0 Å². The molecule has 6 heteroatoms. The van der Waals surface area contributed by atoms with Gasteiger partial charge in [0.15, 0.2) is 0 Å². The van der Waals surface area contributed by atoms with E-state index in [1.54, 1.807) is 0 Å². The van der Waals surface area contributed by atoms with Gasteiger partial charge in [0.1, 0.15) is 0 Å². The van der Waals surface area contributed by atoms with Crippen molar-refractivity contribution < 1.29 is 13.7 Å². The minimum absolute atomic E-state index is 0.194. The Balaban J connectivity index is 3.52. The molecule has 0 aliphatic heterocycles. The monoisotopic (exact) mass is 118 g/mol. The van der Waals surface area contributed by atoms with Crippen LogP contribution in [0.3, 0.4) is 0 Å². The van der Waals surface area contributed by atoms with E-state index < -0.39 is 16.2 Å². The first-order valence-corrected chi connectivity index (χ1v) is 4.27. The van der Waals surface area contributed by atoms with E-state index in [-0.39, 0.29) is 6.74 Å². The van der Waals surface area contributed by atoms with Crippen LogP contribution in [0.15, 0.2) is 0 Å². The summed E-state index contributed by atoms with van der Waals surface area (Å²) in [5.74, 6) is 0. The van der Waals surface area contributed by atoms with Gasteiger partial charge in [-0.3, -0.25) is 0 Å². The van der Waals surface area contributed by atoms with Crippen LogP contribution in [0.25, 0.3) is 0 Å². The molecule has 0 rings (SSSR count). The van der Waals surface area contributed by atoms with Crippen LogP contribution < -0.4 is 0 Å². The standard InChI is InChI=1S/BO3PSi/c2-1-6(4)5-3. The number of rotatable bonds is 2. The molecule has 0 N–H and O–H groups in total. The second-order valence-corrected chi connectivity index (χ2v) is 3.51. The van der Waals surface area contributed by atoms with Crippen LogP contribution in [0, 0.1) is 0 Å². The van der Waals surface area contributed by atoms with Crippen LogP contribution >= 0.6 is 8.01 Å². The molecule has 0 spiro atoms. The SMILES string of the molecule is O=B[Si](=O)P=O. The van der Waals surface area contributed by atoms with Crippen molar-refractivity contribution in [3.8, 4) is 0 Å². The zero-order chi connectivity index (χ0) is 4.99. The topological polar surface area (TPSA) is 51.2 Å². The van der Waals surface area contributed by atoms with Gasteiger partial charge in [0.25, 0.3) is 0 Å². The molecule has 0 aliphatic rings. The average Bonchev–Trinajstić information content (AvgIpc) is 1.65. The molecule has 3 nitrogen and oxygen atoms in total. The van der Waals surface area contributed by atoms with E-state index in [1.807, 2.05) is 0 Å². The van der Waals surface area contributed by atoms with Gasteiger partial charge in [-0.1, -0.05) is 0 Å². The van der Waals surface area contributed by atoms with Crippen molar-refractivity contribution in [2.24, 2.45) is 0 Å². The minimum atomic E-state index is -2.38. The fraction of sp³-hybridized carbons (Fsp3) is 0. The van der Waals surface area contributed by atoms with Crippen molar-refractivity contribution in [3.05, 3.63) is 0 Å². The fourth-order valence-corrected chi connectivity index (χ4v) is 0.194. The van der Waals surface area contributed by atoms with Crippen molar-refractivity contribution >= 4 is 23.0 Å². The molecule has 0 aromatic rings. The average molecular weight is 118 g/mol. The van der Waals surface area contributed by atoms with Crippen molar-refractivity contribution in [2.45, 2.75) is 0 Å². The molecular weight excluding hydrogens is 118 g/mol. The Labute approximate surface area is 37.7 Å². The normalized spacial score (nSPS) is 7.33. The van der Waals surface area contributed by atoms with E-state index in [2.05, 4.69) is 0 Å². The van der Waals surface area contributed by atoms with Crippen molar-refractivity contribution in [1.29, 1.82) is 0 Å². The zero-order valence-electron chi connectivity index (χ0n) is 2.75. The van der Waals surface area contributed by atoms with Gasteiger partial charge < -0.3 is 0 Å². The van der Waals surface area contributed by atoms with Crippen LogP contribution in [-0.4, -0.2) is 15.0 Å². The molecular formula is BO3PSi. The van der Waals surface area contributed by atoms with Gasteiger partial charge in [0.05, 0.1) is 0 Å². The summed E-state index contributed by atoms with van der Waals surface area (Å²) in [5.41, 5.74) is 0. The summed E-state index contributed by atoms with van der Waals surface area (Å²) < 4.78 is 28.3. The van der Waals surface area contributed by atoms with E-state index in [0.29, 0.717) is 0 Å². The third-order valence-electron chi connectivity index (χ3n) is 0.191. The molecule has 0 saturated heterocycles. The molecule has 0 aromatic heterocycles. The summed E-state index contributed by atoms with van der Waals surface area (Å²) in [4.78, 5) is 0. The quantitative estimate of drug-likeness (QED) is 0.370. The molecule has 0 fully saturated rings. The van der Waals surface area contributed by atoms with Crippen LogP contribution in [0.5, 0.6) is 0 Å². The molecule has 30 valence electrons. The Kier molecular flexibility index (Phi) is 3.17. The second kappa shape index (κ2) is 3.18. The van der Waals surface area contributed by atoms with E-state index in [0.717, 1.165) is 0 Å². The second-order valence-electron chi connectivity index (χ2n) is 0.547. The van der Waals surface area contributed by atoms with E-state index in [9.17, 15) is 13.7 Å². The van der Waals surface area contributed by atoms with Gasteiger partial charge >= 0.3 is 36.7 Å². The van der Waals surface area contributed by atoms with Crippen LogP contribution in [0.1, 0.15) is 0 Å². The van der Waals surface area contributed by atoms with Gasteiger partial charge in [-0.05, 0) is 0 Å². The summed E-state index contributed by atoms with van der Waals surface area (Å²) in [6, 6.07) is 0. The molecule has 0 atom stereocenters. The zero-order valence-corrected chi connectivity index (χ0v) is 4.64. The molecule has 0 bridgehead atoms. The van der Waals surface area contributed by atoms with E-state index in [4.69, 9.17) is 0 Å². The van der Waals surface area contributed by atoms with Gasteiger partial charge in [-0.15, -0.1) is 0 Å². The van der Waals surface area contributed by atoms with Crippen LogP contribution in [-0.2, 0) is 13.7 Å². The van der Waals surface area contributed by atoms with Gasteiger partial charge in [-0.2, -0.15) is 0 Å².